The van der Waals surface area contributed by atoms with Crippen LogP contribution in [0.2, 0.25) is 0 Å². The maximum absolute atomic E-state index is 6.05. The van der Waals surface area contributed by atoms with E-state index in [4.69, 9.17) is 20.9 Å². The third kappa shape index (κ3) is 3.60. The highest BCUT2D eigenvalue weighted by molar-refractivity contribution is 5.88. The number of imidazole rings is 1. The van der Waals surface area contributed by atoms with Crippen molar-refractivity contribution in [2.24, 2.45) is 5.73 Å². The summed E-state index contributed by atoms with van der Waals surface area (Å²) in [6, 6.07) is 11.9. The fourth-order valence-electron chi connectivity index (χ4n) is 3.23. The molecular formula is C20H22N6O2. The first-order chi connectivity index (χ1) is 13.7. The molecule has 0 fully saturated rings. The lowest BCUT2D eigenvalue weighted by molar-refractivity contribution is 0.152. The molecule has 8 heteroatoms. The van der Waals surface area contributed by atoms with E-state index in [2.05, 4.69) is 32.1 Å². The van der Waals surface area contributed by atoms with Crippen LogP contribution in [0, 0.1) is 0 Å². The molecule has 8 nitrogen and oxygen atoms in total. The molecule has 28 heavy (non-hydrogen) atoms. The molecule has 4 rings (SSSR count). The van der Waals surface area contributed by atoms with Gasteiger partial charge in [-0.3, -0.25) is 0 Å². The molecule has 0 aliphatic carbocycles. The van der Waals surface area contributed by atoms with Gasteiger partial charge in [-0.1, -0.05) is 30.3 Å². The minimum atomic E-state index is -0.211. The summed E-state index contributed by atoms with van der Waals surface area (Å²) in [5.41, 5.74) is 14.2. The van der Waals surface area contributed by atoms with Crippen LogP contribution in [0.5, 0.6) is 5.75 Å². The normalized spacial score (nSPS) is 12.5. The van der Waals surface area contributed by atoms with Gasteiger partial charge in [0.15, 0.2) is 11.5 Å². The second-order valence-electron chi connectivity index (χ2n) is 6.59. The summed E-state index contributed by atoms with van der Waals surface area (Å²) in [6.07, 6.45) is 2.02. The first kappa shape index (κ1) is 18.1. The molecule has 2 aromatic heterocycles. The molecule has 0 radical (unpaired) electrons. The highest BCUT2D eigenvalue weighted by Crippen LogP contribution is 2.30. The SMILES string of the molecule is COCC(N)COc1ccc2ccccc2c1Cc1nc(N)c2[nH]cnc2n1. The average Bonchev–Trinajstić information content (AvgIpc) is 3.17. The van der Waals surface area contributed by atoms with Crippen molar-refractivity contribution in [2.45, 2.75) is 12.5 Å². The number of nitrogens with one attached hydrogen (secondary N) is 1. The number of hydrogen-bond acceptors (Lipinski definition) is 7. The van der Waals surface area contributed by atoms with Crippen molar-refractivity contribution < 1.29 is 9.47 Å². The van der Waals surface area contributed by atoms with Crippen molar-refractivity contribution in [1.82, 2.24) is 19.9 Å². The number of aromatic nitrogens is 4. The first-order valence-electron chi connectivity index (χ1n) is 8.99. The van der Waals surface area contributed by atoms with Gasteiger partial charge in [-0.15, -0.1) is 0 Å². The maximum Gasteiger partial charge on any atom is 0.183 e. The summed E-state index contributed by atoms with van der Waals surface area (Å²) in [4.78, 5) is 16.1. The molecule has 0 spiro atoms. The fourth-order valence-corrected chi connectivity index (χ4v) is 3.23. The zero-order chi connectivity index (χ0) is 19.5. The van der Waals surface area contributed by atoms with E-state index in [0.29, 0.717) is 42.4 Å². The maximum atomic E-state index is 6.05. The van der Waals surface area contributed by atoms with E-state index in [1.807, 2.05) is 24.3 Å². The number of hydrogen-bond donors (Lipinski definition) is 3. The minimum absolute atomic E-state index is 0.211. The van der Waals surface area contributed by atoms with Crippen LogP contribution in [0.3, 0.4) is 0 Å². The van der Waals surface area contributed by atoms with Gasteiger partial charge in [-0.25, -0.2) is 15.0 Å². The molecule has 0 bridgehead atoms. The van der Waals surface area contributed by atoms with Crippen LogP contribution in [0.1, 0.15) is 11.4 Å². The topological polar surface area (TPSA) is 125 Å². The Labute approximate surface area is 161 Å². The summed E-state index contributed by atoms with van der Waals surface area (Å²) >= 11 is 0. The van der Waals surface area contributed by atoms with Gasteiger partial charge in [0.2, 0.25) is 0 Å². The predicted octanol–water partition coefficient (Wildman–Crippen LogP) is 2.03. The number of fused-ring (bicyclic) bond motifs is 2. The van der Waals surface area contributed by atoms with E-state index in [-0.39, 0.29) is 6.04 Å². The molecule has 5 N–H and O–H groups in total. The number of H-pyrrole nitrogens is 1. The number of rotatable bonds is 7. The van der Waals surface area contributed by atoms with E-state index < -0.39 is 0 Å². The van der Waals surface area contributed by atoms with E-state index in [9.17, 15) is 0 Å². The molecule has 0 aliphatic heterocycles. The Morgan fingerprint density at radius 3 is 2.82 bits per heavy atom. The van der Waals surface area contributed by atoms with Crippen LogP contribution in [0.4, 0.5) is 5.82 Å². The lowest BCUT2D eigenvalue weighted by Crippen LogP contribution is -2.32. The molecule has 4 aromatic rings. The van der Waals surface area contributed by atoms with Gasteiger partial charge in [0.1, 0.15) is 23.7 Å². The summed E-state index contributed by atoms with van der Waals surface area (Å²) < 4.78 is 11.1. The quantitative estimate of drug-likeness (QED) is 0.449. The van der Waals surface area contributed by atoms with E-state index in [1.54, 1.807) is 13.4 Å². The standard InChI is InChI=1S/C20H22N6O2/c1-27-9-13(21)10-28-16-7-6-12-4-2-3-5-14(12)15(16)8-17-25-19(22)18-20(26-17)24-11-23-18/h2-7,11,13H,8-10,21H2,1H3,(H3,22,23,24,25,26). The molecule has 2 aromatic carbocycles. The molecule has 0 amide bonds. The second kappa shape index (κ2) is 7.79. The lowest BCUT2D eigenvalue weighted by Gasteiger charge is -2.17. The van der Waals surface area contributed by atoms with Gasteiger partial charge in [0.05, 0.1) is 19.0 Å². The van der Waals surface area contributed by atoms with Crippen LogP contribution in [-0.2, 0) is 11.2 Å². The molecule has 0 aliphatic rings. The van der Waals surface area contributed by atoms with Crippen LogP contribution in [0.15, 0.2) is 42.7 Å². The van der Waals surface area contributed by atoms with Gasteiger partial charge in [0, 0.05) is 19.1 Å². The summed E-state index contributed by atoms with van der Waals surface area (Å²) in [5.74, 6) is 1.70. The monoisotopic (exact) mass is 378 g/mol. The summed E-state index contributed by atoms with van der Waals surface area (Å²) in [6.45, 7) is 0.777. The number of methoxy groups -OCH3 is 1. The van der Waals surface area contributed by atoms with Crippen molar-refractivity contribution in [3.63, 3.8) is 0 Å². The Bertz CT molecular complexity index is 1110. The molecule has 1 unspecified atom stereocenters. The van der Waals surface area contributed by atoms with Crippen molar-refractivity contribution in [3.8, 4) is 5.75 Å². The molecule has 0 saturated carbocycles. The smallest absolute Gasteiger partial charge is 0.183 e. The third-order valence-corrected chi connectivity index (χ3v) is 4.53. The zero-order valence-corrected chi connectivity index (χ0v) is 15.6. The Kier molecular flexibility index (Phi) is 5.05. The van der Waals surface area contributed by atoms with Gasteiger partial charge < -0.3 is 25.9 Å². The largest absolute Gasteiger partial charge is 0.492 e. The van der Waals surface area contributed by atoms with Crippen LogP contribution in [-0.4, -0.2) is 46.3 Å². The highest BCUT2D eigenvalue weighted by atomic mass is 16.5. The van der Waals surface area contributed by atoms with E-state index in [1.165, 1.54) is 0 Å². The summed E-state index contributed by atoms with van der Waals surface area (Å²) in [5, 5.41) is 2.18. The number of aromatic amines is 1. The number of anilines is 1. The number of ether oxygens (including phenoxy) is 2. The van der Waals surface area contributed by atoms with Crippen molar-refractivity contribution in [3.05, 3.63) is 54.1 Å². The number of nitrogens with two attached hydrogens (primary N) is 2. The molecule has 2 heterocycles. The third-order valence-electron chi connectivity index (χ3n) is 4.53. The van der Waals surface area contributed by atoms with Crippen LogP contribution < -0.4 is 16.2 Å². The lowest BCUT2D eigenvalue weighted by atomic mass is 10.0. The van der Waals surface area contributed by atoms with Crippen LogP contribution in [0.25, 0.3) is 21.9 Å². The van der Waals surface area contributed by atoms with Crippen LogP contribution >= 0.6 is 0 Å². The Morgan fingerprint density at radius 1 is 1.11 bits per heavy atom. The van der Waals surface area contributed by atoms with Gasteiger partial charge in [-0.2, -0.15) is 0 Å². The van der Waals surface area contributed by atoms with Gasteiger partial charge in [0.25, 0.3) is 0 Å². The van der Waals surface area contributed by atoms with E-state index >= 15 is 0 Å². The number of nitrogens with zero attached hydrogens (tertiary/aromatic N) is 3. The number of benzene rings is 2. The summed E-state index contributed by atoms with van der Waals surface area (Å²) in [7, 11) is 1.62. The minimum Gasteiger partial charge on any atom is -0.492 e. The van der Waals surface area contributed by atoms with Gasteiger partial charge in [-0.05, 0) is 16.8 Å². The van der Waals surface area contributed by atoms with Crippen molar-refractivity contribution in [2.75, 3.05) is 26.1 Å². The van der Waals surface area contributed by atoms with Crippen molar-refractivity contribution >= 4 is 27.8 Å². The Balaban J connectivity index is 1.73. The first-order valence-corrected chi connectivity index (χ1v) is 8.99. The average molecular weight is 378 g/mol. The fraction of sp³-hybridized carbons (Fsp3) is 0.250. The predicted molar refractivity (Wildman–Crippen MR) is 108 cm³/mol. The highest BCUT2D eigenvalue weighted by Gasteiger charge is 2.15. The van der Waals surface area contributed by atoms with E-state index in [0.717, 1.165) is 22.1 Å². The second-order valence-corrected chi connectivity index (χ2v) is 6.59. The molecule has 0 saturated heterocycles. The molecule has 1 atom stereocenters. The zero-order valence-electron chi connectivity index (χ0n) is 15.6. The molecule has 144 valence electrons. The van der Waals surface area contributed by atoms with Crippen molar-refractivity contribution in [1.29, 1.82) is 0 Å². The Hall–Kier alpha value is -3.23. The molecular weight excluding hydrogens is 356 g/mol. The Morgan fingerprint density at radius 2 is 1.96 bits per heavy atom. The number of nitrogen functional groups attached to an aromatic ring is 1. The van der Waals surface area contributed by atoms with Gasteiger partial charge >= 0.3 is 0 Å².